The first-order valence-electron chi connectivity index (χ1n) is 14.3. The summed E-state index contributed by atoms with van der Waals surface area (Å²) in [7, 11) is 0. The molecule has 0 saturated heterocycles. The Morgan fingerprint density at radius 2 is 1.82 bits per heavy atom. The van der Waals surface area contributed by atoms with Crippen molar-refractivity contribution >= 4 is 50.4 Å². The number of carbonyl (C=O) groups is 2. The maximum Gasteiger partial charge on any atom is 0.333 e. The number of nitrogens with zero attached hydrogens (tertiary/aromatic N) is 5. The third-order valence-corrected chi connectivity index (χ3v) is 9.12. The minimum atomic E-state index is -0.611. The van der Waals surface area contributed by atoms with Crippen molar-refractivity contribution in [2.45, 2.75) is 38.6 Å². The smallest absolute Gasteiger partial charge is 0.333 e. The van der Waals surface area contributed by atoms with E-state index in [4.69, 9.17) is 16.3 Å². The molecule has 0 bridgehead atoms. The van der Waals surface area contributed by atoms with Crippen molar-refractivity contribution in [1.29, 1.82) is 0 Å². The van der Waals surface area contributed by atoms with Crippen molar-refractivity contribution in [3.8, 4) is 11.4 Å². The first kappa shape index (κ1) is 29.2. The van der Waals surface area contributed by atoms with Gasteiger partial charge in [0.05, 0.1) is 40.1 Å². The lowest BCUT2D eigenvalue weighted by atomic mass is 10.1. The Hall–Kier alpha value is -4.55. The molecular weight excluding hydrogens is 667 g/mol. The van der Waals surface area contributed by atoms with Gasteiger partial charge in [0.25, 0.3) is 11.8 Å². The molecule has 7 rings (SSSR count). The molecule has 2 aliphatic rings. The number of nitrogens with one attached hydrogen (secondary N) is 1. The summed E-state index contributed by atoms with van der Waals surface area (Å²) in [5, 5.41) is 3.18. The number of amides is 2. The molecule has 1 fully saturated rings. The second-order valence-electron chi connectivity index (χ2n) is 10.9. The van der Waals surface area contributed by atoms with Crippen molar-refractivity contribution in [3.05, 3.63) is 115 Å². The van der Waals surface area contributed by atoms with E-state index in [1.54, 1.807) is 47.4 Å². The van der Waals surface area contributed by atoms with Crippen LogP contribution in [-0.4, -0.2) is 48.5 Å². The minimum Gasteiger partial charge on any atom is -0.490 e. The fourth-order valence-electron chi connectivity index (χ4n) is 5.46. The van der Waals surface area contributed by atoms with Gasteiger partial charge in [0.2, 0.25) is 0 Å². The summed E-state index contributed by atoms with van der Waals surface area (Å²) in [5.41, 5.74) is 1.79. The van der Waals surface area contributed by atoms with Gasteiger partial charge in [0.1, 0.15) is 17.3 Å². The Labute approximate surface area is 269 Å². The van der Waals surface area contributed by atoms with Gasteiger partial charge >= 0.3 is 5.69 Å². The summed E-state index contributed by atoms with van der Waals surface area (Å²) in [6, 6.07) is 14.7. The van der Waals surface area contributed by atoms with Gasteiger partial charge in [-0.3, -0.25) is 28.7 Å². The van der Waals surface area contributed by atoms with Crippen LogP contribution in [-0.2, 0) is 19.6 Å². The number of ether oxygens (including phenoxy) is 1. The molecule has 1 aliphatic carbocycles. The van der Waals surface area contributed by atoms with E-state index in [-0.39, 0.29) is 49.4 Å². The zero-order valence-electron chi connectivity index (χ0n) is 23.7. The molecule has 0 atom stereocenters. The second kappa shape index (κ2) is 11.8. The lowest BCUT2D eigenvalue weighted by molar-refractivity contribution is 0.0706. The van der Waals surface area contributed by atoms with Crippen molar-refractivity contribution < 1.29 is 18.7 Å². The van der Waals surface area contributed by atoms with E-state index in [2.05, 4.69) is 31.2 Å². The van der Waals surface area contributed by atoms with Gasteiger partial charge in [-0.15, -0.1) is 0 Å². The third kappa shape index (κ3) is 5.59. The zero-order valence-corrected chi connectivity index (χ0v) is 26.0. The van der Waals surface area contributed by atoms with Crippen LogP contribution in [0.5, 0.6) is 5.75 Å². The van der Waals surface area contributed by atoms with Crippen LogP contribution in [0.25, 0.3) is 16.7 Å². The molecule has 45 heavy (non-hydrogen) atoms. The number of imidazole rings is 1. The lowest BCUT2D eigenvalue weighted by Crippen LogP contribution is -2.41. The van der Waals surface area contributed by atoms with E-state index in [0.29, 0.717) is 43.2 Å². The van der Waals surface area contributed by atoms with Crippen molar-refractivity contribution in [1.82, 2.24) is 29.3 Å². The van der Waals surface area contributed by atoms with E-state index in [1.165, 1.54) is 33.7 Å². The number of carbonyl (C=O) groups excluding carboxylic acids is 2. The van der Waals surface area contributed by atoms with Gasteiger partial charge in [-0.1, -0.05) is 11.6 Å². The number of rotatable bonds is 7. The molecule has 3 heterocycles. The van der Waals surface area contributed by atoms with E-state index < -0.39 is 17.4 Å². The van der Waals surface area contributed by atoms with Gasteiger partial charge in [-0.05, 0) is 83.4 Å². The topological polar surface area (TPSA) is 111 Å². The van der Waals surface area contributed by atoms with Gasteiger partial charge in [-0.2, -0.15) is 0 Å². The SMILES string of the molecule is O=C(NCc1c(F)ccc2nccnc12)c1c2n(c(=O)n1-c1ccc(OC3CC3)cc1)CCN(C(=O)c1ccc(Br)c(Cl)c1)C2. The molecule has 228 valence electrons. The highest BCUT2D eigenvalue weighted by atomic mass is 79.9. The number of halogens is 3. The number of hydrogen-bond donors (Lipinski definition) is 1. The molecule has 10 nitrogen and oxygen atoms in total. The summed E-state index contributed by atoms with van der Waals surface area (Å²) in [6.07, 6.45) is 5.16. The van der Waals surface area contributed by atoms with Crippen molar-refractivity contribution in [3.63, 3.8) is 0 Å². The average Bonchev–Trinajstić information content (AvgIpc) is 3.82. The van der Waals surface area contributed by atoms with Crippen LogP contribution < -0.4 is 15.7 Å². The van der Waals surface area contributed by atoms with Crippen LogP contribution in [0, 0.1) is 5.82 Å². The maximum absolute atomic E-state index is 14.9. The van der Waals surface area contributed by atoms with Gasteiger partial charge in [0, 0.05) is 47.6 Å². The van der Waals surface area contributed by atoms with Crippen LogP contribution in [0.1, 0.15) is 44.9 Å². The van der Waals surface area contributed by atoms with Crippen LogP contribution in [0.4, 0.5) is 4.39 Å². The molecule has 0 spiro atoms. The maximum atomic E-state index is 14.9. The number of benzene rings is 3. The van der Waals surface area contributed by atoms with Crippen LogP contribution in [0.15, 0.2) is 76.3 Å². The molecule has 3 aromatic carbocycles. The molecule has 0 radical (unpaired) electrons. The first-order chi connectivity index (χ1) is 21.8. The Balaban J connectivity index is 1.26. The summed E-state index contributed by atoms with van der Waals surface area (Å²) < 4.78 is 24.3. The van der Waals surface area contributed by atoms with E-state index in [9.17, 15) is 18.8 Å². The molecule has 13 heteroatoms. The lowest BCUT2D eigenvalue weighted by Gasteiger charge is -2.28. The normalized spacial score (nSPS) is 14.3. The Bertz CT molecular complexity index is 2040. The van der Waals surface area contributed by atoms with Crippen LogP contribution in [0.3, 0.4) is 0 Å². The number of aromatic nitrogens is 4. The number of fused-ring (bicyclic) bond motifs is 2. The zero-order chi connectivity index (χ0) is 31.2. The van der Waals surface area contributed by atoms with E-state index in [0.717, 1.165) is 12.8 Å². The predicted octanol–water partition coefficient (Wildman–Crippen LogP) is 5.26. The molecule has 1 aliphatic heterocycles. The van der Waals surface area contributed by atoms with Crippen molar-refractivity contribution in [2.75, 3.05) is 6.54 Å². The summed E-state index contributed by atoms with van der Waals surface area (Å²) in [6.45, 7) is 0.217. The standard InChI is InChI=1S/C32H25BrClFN6O4/c33-23-8-1-18(15-24(23)34)31(43)39-13-14-40-27(17-39)29(41(32(40)44)19-2-4-20(5-3-19)45-21-6-7-21)30(42)38-16-22-25(35)9-10-26-28(22)37-12-11-36-26/h1-5,8-12,15,21H,6-7,13-14,16-17H2,(H,38,42). The average molecular weight is 692 g/mol. The monoisotopic (exact) mass is 690 g/mol. The largest absolute Gasteiger partial charge is 0.490 e. The molecule has 5 aromatic rings. The van der Waals surface area contributed by atoms with Crippen molar-refractivity contribution in [2.24, 2.45) is 0 Å². The first-order valence-corrected chi connectivity index (χ1v) is 15.5. The quantitative estimate of drug-likeness (QED) is 0.249. The highest BCUT2D eigenvalue weighted by molar-refractivity contribution is 9.10. The molecule has 2 amide bonds. The second-order valence-corrected chi connectivity index (χ2v) is 12.1. The molecule has 2 aromatic heterocycles. The van der Waals surface area contributed by atoms with Crippen LogP contribution in [0.2, 0.25) is 5.02 Å². The highest BCUT2D eigenvalue weighted by Crippen LogP contribution is 2.29. The summed E-state index contributed by atoms with van der Waals surface area (Å²) >= 11 is 9.59. The molecule has 0 unspecified atom stereocenters. The summed E-state index contributed by atoms with van der Waals surface area (Å²) in [4.78, 5) is 51.4. The Morgan fingerprint density at radius 1 is 1.04 bits per heavy atom. The molecule has 1 N–H and O–H groups in total. The summed E-state index contributed by atoms with van der Waals surface area (Å²) in [5.74, 6) is -0.779. The van der Waals surface area contributed by atoms with Gasteiger partial charge in [0.15, 0.2) is 0 Å². The fraction of sp³-hybridized carbons (Fsp3) is 0.219. The van der Waals surface area contributed by atoms with Gasteiger partial charge < -0.3 is 15.0 Å². The fourth-order valence-corrected chi connectivity index (χ4v) is 5.89. The van der Waals surface area contributed by atoms with E-state index >= 15 is 0 Å². The molecular formula is C32H25BrClFN6O4. The third-order valence-electron chi connectivity index (χ3n) is 7.88. The van der Waals surface area contributed by atoms with Gasteiger partial charge in [-0.25, -0.2) is 9.18 Å². The minimum absolute atomic E-state index is 0.00547. The molecule has 1 saturated carbocycles. The Kier molecular flexibility index (Phi) is 7.62. The Morgan fingerprint density at radius 3 is 2.58 bits per heavy atom. The predicted molar refractivity (Wildman–Crippen MR) is 168 cm³/mol. The number of hydrogen-bond acceptors (Lipinski definition) is 6. The van der Waals surface area contributed by atoms with Crippen LogP contribution >= 0.6 is 27.5 Å². The van der Waals surface area contributed by atoms with E-state index in [1.807, 2.05) is 0 Å². The highest BCUT2D eigenvalue weighted by Gasteiger charge is 2.32.